The molecular formula is C16H21N5O2S. The van der Waals surface area contributed by atoms with Crippen LogP contribution in [0.3, 0.4) is 0 Å². The molecule has 0 unspecified atom stereocenters. The molecule has 1 saturated heterocycles. The summed E-state index contributed by atoms with van der Waals surface area (Å²) in [5.74, 6) is 0.607. The SMILES string of the molecule is CCOc1nnc(CN2CCC[C@@H](C(=O)Nc3ccccn3)C2)s1. The molecule has 0 saturated carbocycles. The molecule has 1 amide bonds. The van der Waals surface area contributed by atoms with Crippen LogP contribution in [0, 0.1) is 5.92 Å². The first kappa shape index (κ1) is 16.8. The van der Waals surface area contributed by atoms with Crippen molar-refractivity contribution < 1.29 is 9.53 Å². The molecular weight excluding hydrogens is 326 g/mol. The largest absolute Gasteiger partial charge is 0.469 e. The van der Waals surface area contributed by atoms with E-state index in [2.05, 4.69) is 25.4 Å². The molecule has 0 spiro atoms. The van der Waals surface area contributed by atoms with E-state index in [4.69, 9.17) is 4.74 Å². The van der Waals surface area contributed by atoms with E-state index in [0.29, 0.717) is 24.2 Å². The minimum atomic E-state index is -0.0277. The lowest BCUT2D eigenvalue weighted by molar-refractivity contribution is -0.121. The molecule has 0 aromatic carbocycles. The summed E-state index contributed by atoms with van der Waals surface area (Å²) in [6.45, 7) is 4.92. The molecule has 8 heteroatoms. The number of anilines is 1. The van der Waals surface area contributed by atoms with Crippen molar-refractivity contribution in [3.63, 3.8) is 0 Å². The molecule has 0 radical (unpaired) electrons. The summed E-state index contributed by atoms with van der Waals surface area (Å²) < 4.78 is 5.36. The van der Waals surface area contributed by atoms with Crippen LogP contribution in [0.1, 0.15) is 24.8 Å². The molecule has 24 heavy (non-hydrogen) atoms. The van der Waals surface area contributed by atoms with Gasteiger partial charge in [0.2, 0.25) is 5.91 Å². The maximum atomic E-state index is 12.4. The summed E-state index contributed by atoms with van der Waals surface area (Å²) in [4.78, 5) is 18.8. The van der Waals surface area contributed by atoms with Crippen molar-refractivity contribution in [2.24, 2.45) is 5.92 Å². The average molecular weight is 347 g/mol. The molecule has 0 bridgehead atoms. The number of amides is 1. The molecule has 7 nitrogen and oxygen atoms in total. The number of carbonyl (C=O) groups is 1. The third-order valence-corrected chi connectivity index (χ3v) is 4.69. The molecule has 1 aliphatic heterocycles. The second-order valence-corrected chi connectivity index (χ2v) is 6.70. The van der Waals surface area contributed by atoms with Crippen LogP contribution in [0.2, 0.25) is 0 Å². The Kier molecular flexibility index (Phi) is 5.71. The summed E-state index contributed by atoms with van der Waals surface area (Å²) in [5, 5.41) is 12.6. The minimum Gasteiger partial charge on any atom is -0.469 e. The van der Waals surface area contributed by atoms with E-state index >= 15 is 0 Å². The van der Waals surface area contributed by atoms with Gasteiger partial charge in [0, 0.05) is 12.7 Å². The maximum absolute atomic E-state index is 12.4. The number of ether oxygens (including phenoxy) is 1. The van der Waals surface area contributed by atoms with Gasteiger partial charge >= 0.3 is 0 Å². The first-order valence-corrected chi connectivity index (χ1v) is 8.95. The van der Waals surface area contributed by atoms with Crippen LogP contribution in [0.5, 0.6) is 5.19 Å². The molecule has 128 valence electrons. The van der Waals surface area contributed by atoms with E-state index in [9.17, 15) is 4.79 Å². The van der Waals surface area contributed by atoms with Crippen LogP contribution >= 0.6 is 11.3 Å². The standard InChI is InChI=1S/C16H21N5O2S/c1-2-23-16-20-19-14(24-16)11-21-9-5-6-12(10-21)15(22)18-13-7-3-4-8-17-13/h3-4,7-8,12H,2,5-6,9-11H2,1H3,(H,17,18,22)/t12-/m1/s1. The second-order valence-electron chi connectivity index (χ2n) is 5.67. The molecule has 3 heterocycles. The van der Waals surface area contributed by atoms with Gasteiger partial charge in [0.15, 0.2) is 0 Å². The van der Waals surface area contributed by atoms with Gasteiger partial charge in [-0.2, -0.15) is 0 Å². The minimum absolute atomic E-state index is 0.0277. The Bertz CT molecular complexity index is 663. The van der Waals surface area contributed by atoms with Crippen LogP contribution in [0.15, 0.2) is 24.4 Å². The highest BCUT2D eigenvalue weighted by Crippen LogP contribution is 2.23. The van der Waals surface area contributed by atoms with E-state index in [-0.39, 0.29) is 11.8 Å². The number of carbonyl (C=O) groups excluding carboxylic acids is 1. The van der Waals surface area contributed by atoms with E-state index in [0.717, 1.165) is 30.9 Å². The molecule has 1 atom stereocenters. The fourth-order valence-electron chi connectivity index (χ4n) is 2.75. The first-order chi connectivity index (χ1) is 11.7. The molecule has 2 aromatic rings. The van der Waals surface area contributed by atoms with Crippen LogP contribution in [-0.4, -0.2) is 45.7 Å². The van der Waals surface area contributed by atoms with Crippen molar-refractivity contribution in [1.82, 2.24) is 20.1 Å². The summed E-state index contributed by atoms with van der Waals surface area (Å²) in [5.41, 5.74) is 0. The van der Waals surface area contributed by atoms with E-state index in [1.54, 1.807) is 12.3 Å². The summed E-state index contributed by atoms with van der Waals surface area (Å²) in [6, 6.07) is 5.49. The third kappa shape index (κ3) is 4.48. The Morgan fingerprint density at radius 3 is 3.17 bits per heavy atom. The lowest BCUT2D eigenvalue weighted by Gasteiger charge is -2.31. The number of rotatable bonds is 6. The number of nitrogens with one attached hydrogen (secondary N) is 1. The molecule has 0 aliphatic carbocycles. The van der Waals surface area contributed by atoms with Gasteiger partial charge in [0.05, 0.1) is 19.1 Å². The second kappa shape index (κ2) is 8.16. The Labute approximate surface area is 145 Å². The normalized spacial score (nSPS) is 18.3. The highest BCUT2D eigenvalue weighted by molar-refractivity contribution is 7.13. The van der Waals surface area contributed by atoms with Gasteiger partial charge in [-0.05, 0) is 38.4 Å². The van der Waals surface area contributed by atoms with Crippen molar-refractivity contribution in [2.45, 2.75) is 26.3 Å². The Hall–Kier alpha value is -2.06. The first-order valence-electron chi connectivity index (χ1n) is 8.14. The van der Waals surface area contributed by atoms with Gasteiger partial charge in [-0.1, -0.05) is 17.4 Å². The van der Waals surface area contributed by atoms with Crippen molar-refractivity contribution in [1.29, 1.82) is 0 Å². The highest BCUT2D eigenvalue weighted by Gasteiger charge is 2.26. The Morgan fingerprint density at radius 2 is 2.38 bits per heavy atom. The van der Waals surface area contributed by atoms with Crippen LogP contribution in [-0.2, 0) is 11.3 Å². The van der Waals surface area contributed by atoms with Gasteiger partial charge in [0.1, 0.15) is 10.8 Å². The molecule has 3 rings (SSSR count). The Morgan fingerprint density at radius 1 is 1.46 bits per heavy atom. The zero-order chi connectivity index (χ0) is 16.8. The number of likely N-dealkylation sites (tertiary alicyclic amines) is 1. The fourth-order valence-corrected chi connectivity index (χ4v) is 3.54. The summed E-state index contributed by atoms with van der Waals surface area (Å²) >= 11 is 1.47. The number of aromatic nitrogens is 3. The molecule has 2 aromatic heterocycles. The van der Waals surface area contributed by atoms with Gasteiger partial charge in [-0.15, -0.1) is 10.2 Å². The quantitative estimate of drug-likeness (QED) is 0.863. The Balaban J connectivity index is 1.54. The van der Waals surface area contributed by atoms with Gasteiger partial charge in [0.25, 0.3) is 5.19 Å². The van der Waals surface area contributed by atoms with Crippen LogP contribution < -0.4 is 10.1 Å². The summed E-state index contributed by atoms with van der Waals surface area (Å²) in [7, 11) is 0. The van der Waals surface area contributed by atoms with Gasteiger partial charge in [-0.3, -0.25) is 9.69 Å². The van der Waals surface area contributed by atoms with E-state index in [1.165, 1.54) is 11.3 Å². The molecule has 1 N–H and O–H groups in total. The van der Waals surface area contributed by atoms with Crippen molar-refractivity contribution in [2.75, 3.05) is 25.0 Å². The monoisotopic (exact) mass is 347 g/mol. The average Bonchev–Trinajstić information content (AvgIpc) is 3.03. The third-order valence-electron chi connectivity index (χ3n) is 3.87. The lowest BCUT2D eigenvalue weighted by atomic mass is 9.97. The van der Waals surface area contributed by atoms with Gasteiger partial charge in [-0.25, -0.2) is 4.98 Å². The van der Waals surface area contributed by atoms with E-state index < -0.39 is 0 Å². The predicted octanol–water partition coefficient (Wildman–Crippen LogP) is 2.18. The fraction of sp³-hybridized carbons (Fsp3) is 0.500. The number of nitrogens with zero attached hydrogens (tertiary/aromatic N) is 4. The molecule has 1 aliphatic rings. The predicted molar refractivity (Wildman–Crippen MR) is 91.9 cm³/mol. The number of hydrogen-bond acceptors (Lipinski definition) is 7. The smallest absolute Gasteiger partial charge is 0.294 e. The van der Waals surface area contributed by atoms with Crippen LogP contribution in [0.4, 0.5) is 5.82 Å². The van der Waals surface area contributed by atoms with Crippen molar-refractivity contribution in [3.05, 3.63) is 29.4 Å². The number of hydrogen-bond donors (Lipinski definition) is 1. The van der Waals surface area contributed by atoms with E-state index in [1.807, 2.05) is 19.1 Å². The van der Waals surface area contributed by atoms with Crippen molar-refractivity contribution in [3.8, 4) is 5.19 Å². The highest BCUT2D eigenvalue weighted by atomic mass is 32.1. The lowest BCUT2D eigenvalue weighted by Crippen LogP contribution is -2.40. The van der Waals surface area contributed by atoms with Crippen molar-refractivity contribution >= 4 is 23.1 Å². The molecule has 1 fully saturated rings. The number of pyridine rings is 1. The van der Waals surface area contributed by atoms with Crippen LogP contribution in [0.25, 0.3) is 0 Å². The topological polar surface area (TPSA) is 80.2 Å². The van der Waals surface area contributed by atoms with Gasteiger partial charge < -0.3 is 10.1 Å². The zero-order valence-corrected chi connectivity index (χ0v) is 14.5. The zero-order valence-electron chi connectivity index (χ0n) is 13.6. The summed E-state index contributed by atoms with van der Waals surface area (Å²) in [6.07, 6.45) is 3.57. The number of piperidine rings is 1. The maximum Gasteiger partial charge on any atom is 0.294 e.